The summed E-state index contributed by atoms with van der Waals surface area (Å²) in [5, 5.41) is 0. The molecule has 0 bridgehead atoms. The van der Waals surface area contributed by atoms with E-state index in [2.05, 4.69) is 24.3 Å². The van der Waals surface area contributed by atoms with Crippen molar-refractivity contribution in [2.45, 2.75) is 25.3 Å². The summed E-state index contributed by atoms with van der Waals surface area (Å²) in [4.78, 5) is 14.1. The van der Waals surface area contributed by atoms with Gasteiger partial charge in [0.15, 0.2) is 0 Å². The van der Waals surface area contributed by atoms with E-state index in [1.54, 1.807) is 11.8 Å². The van der Waals surface area contributed by atoms with Crippen molar-refractivity contribution in [2.75, 3.05) is 31.3 Å². The van der Waals surface area contributed by atoms with Crippen LogP contribution in [0.15, 0.2) is 30.3 Å². The Balaban J connectivity index is 1.62. The number of rotatable bonds is 7. The molecular weight excluding hydrogens is 284 g/mol. The minimum absolute atomic E-state index is 0.118. The summed E-state index contributed by atoms with van der Waals surface area (Å²) in [7, 11) is 0. The summed E-state index contributed by atoms with van der Waals surface area (Å²) in [6, 6.07) is 10.2. The van der Waals surface area contributed by atoms with Gasteiger partial charge in [-0.3, -0.25) is 9.69 Å². The zero-order valence-corrected chi connectivity index (χ0v) is 13.2. The maximum atomic E-state index is 12.1. The van der Waals surface area contributed by atoms with Crippen LogP contribution < -0.4 is 5.73 Å². The highest BCUT2D eigenvalue weighted by molar-refractivity contribution is 7.99. The Morgan fingerprint density at radius 2 is 2.14 bits per heavy atom. The van der Waals surface area contributed by atoms with Crippen LogP contribution >= 0.6 is 11.8 Å². The highest BCUT2D eigenvalue weighted by atomic mass is 32.2. The van der Waals surface area contributed by atoms with Gasteiger partial charge in [-0.15, -0.1) is 0 Å². The highest BCUT2D eigenvalue weighted by Gasteiger charge is 2.29. The first-order valence-electron chi connectivity index (χ1n) is 7.53. The van der Waals surface area contributed by atoms with Gasteiger partial charge >= 0.3 is 5.97 Å². The van der Waals surface area contributed by atoms with Crippen LogP contribution in [-0.2, 0) is 16.0 Å². The number of aryl methyl sites for hydroxylation is 1. The van der Waals surface area contributed by atoms with E-state index in [-0.39, 0.29) is 12.0 Å². The number of ether oxygens (including phenoxy) is 1. The monoisotopic (exact) mass is 308 g/mol. The molecule has 1 unspecified atom stereocenters. The summed E-state index contributed by atoms with van der Waals surface area (Å²) in [6.07, 6.45) is 2.98. The number of hydrogen-bond donors (Lipinski definition) is 1. The Kier molecular flexibility index (Phi) is 7.06. The van der Waals surface area contributed by atoms with Crippen molar-refractivity contribution in [3.05, 3.63) is 35.9 Å². The van der Waals surface area contributed by atoms with E-state index in [0.717, 1.165) is 37.3 Å². The van der Waals surface area contributed by atoms with Gasteiger partial charge in [-0.1, -0.05) is 30.3 Å². The zero-order valence-electron chi connectivity index (χ0n) is 12.4. The van der Waals surface area contributed by atoms with Gasteiger partial charge in [0.05, 0.1) is 6.61 Å². The van der Waals surface area contributed by atoms with Crippen LogP contribution in [0.1, 0.15) is 18.4 Å². The van der Waals surface area contributed by atoms with Crippen molar-refractivity contribution in [3.63, 3.8) is 0 Å². The fraction of sp³-hybridized carbons (Fsp3) is 0.562. The van der Waals surface area contributed by atoms with Crippen molar-refractivity contribution >= 4 is 17.7 Å². The van der Waals surface area contributed by atoms with E-state index in [0.29, 0.717) is 13.3 Å². The van der Waals surface area contributed by atoms with E-state index in [1.165, 1.54) is 5.56 Å². The number of esters is 1. The minimum atomic E-state index is -0.164. The standard InChI is InChI=1S/C16H24N2O2S/c17-13-18-9-11-21-12-15(18)16(19)20-10-5-4-8-14-6-2-1-3-7-14/h1-3,6-7,15H,4-5,8-13,17H2. The van der Waals surface area contributed by atoms with Crippen LogP contribution in [0.4, 0.5) is 0 Å². The molecule has 1 aliphatic rings. The van der Waals surface area contributed by atoms with Gasteiger partial charge in [0.1, 0.15) is 6.04 Å². The number of nitrogens with two attached hydrogens (primary N) is 1. The second kappa shape index (κ2) is 9.07. The average Bonchev–Trinajstić information content (AvgIpc) is 2.55. The SMILES string of the molecule is NCN1CCSCC1C(=O)OCCCCc1ccccc1. The largest absolute Gasteiger partial charge is 0.464 e. The lowest BCUT2D eigenvalue weighted by molar-refractivity contribution is -0.149. The van der Waals surface area contributed by atoms with E-state index >= 15 is 0 Å². The van der Waals surface area contributed by atoms with Gasteiger partial charge in [-0.25, -0.2) is 0 Å². The molecule has 1 atom stereocenters. The summed E-state index contributed by atoms with van der Waals surface area (Å²) < 4.78 is 5.40. The first-order valence-corrected chi connectivity index (χ1v) is 8.69. The van der Waals surface area contributed by atoms with Gasteiger partial charge in [0.2, 0.25) is 0 Å². The molecule has 2 rings (SSSR count). The Hall–Kier alpha value is -1.04. The number of benzene rings is 1. The molecular formula is C16H24N2O2S. The lowest BCUT2D eigenvalue weighted by Gasteiger charge is -2.32. The molecule has 1 aromatic carbocycles. The van der Waals surface area contributed by atoms with Crippen LogP contribution in [0.3, 0.4) is 0 Å². The third-order valence-corrected chi connectivity index (χ3v) is 4.72. The molecule has 0 aliphatic carbocycles. The molecule has 5 heteroatoms. The molecule has 0 spiro atoms. The number of nitrogens with zero attached hydrogens (tertiary/aromatic N) is 1. The summed E-state index contributed by atoms with van der Waals surface area (Å²) in [5.74, 6) is 1.71. The molecule has 0 aromatic heterocycles. The summed E-state index contributed by atoms with van der Waals surface area (Å²) in [6.45, 7) is 1.80. The van der Waals surface area contributed by atoms with Crippen LogP contribution in [-0.4, -0.2) is 48.2 Å². The number of carbonyl (C=O) groups excluding carboxylic acids is 1. The lowest BCUT2D eigenvalue weighted by atomic mass is 10.1. The van der Waals surface area contributed by atoms with Crippen molar-refractivity contribution < 1.29 is 9.53 Å². The molecule has 1 fully saturated rings. The van der Waals surface area contributed by atoms with Gasteiger partial charge in [-0.05, 0) is 24.8 Å². The van der Waals surface area contributed by atoms with Crippen LogP contribution in [0.2, 0.25) is 0 Å². The highest BCUT2D eigenvalue weighted by Crippen LogP contribution is 2.16. The molecule has 4 nitrogen and oxygen atoms in total. The van der Waals surface area contributed by atoms with Crippen molar-refractivity contribution in [1.82, 2.24) is 4.90 Å². The Labute approximate surface area is 131 Å². The molecule has 1 saturated heterocycles. The number of hydrogen-bond acceptors (Lipinski definition) is 5. The van der Waals surface area contributed by atoms with Crippen molar-refractivity contribution in [3.8, 4) is 0 Å². The number of carbonyl (C=O) groups is 1. The third kappa shape index (κ3) is 5.34. The molecule has 0 saturated carbocycles. The van der Waals surface area contributed by atoms with E-state index in [1.807, 2.05) is 11.0 Å². The van der Waals surface area contributed by atoms with E-state index < -0.39 is 0 Å². The first kappa shape index (κ1) is 16.3. The van der Waals surface area contributed by atoms with Crippen LogP contribution in [0.25, 0.3) is 0 Å². The molecule has 116 valence electrons. The summed E-state index contributed by atoms with van der Waals surface area (Å²) >= 11 is 1.79. The molecule has 2 N–H and O–H groups in total. The third-order valence-electron chi connectivity index (χ3n) is 3.69. The first-order chi connectivity index (χ1) is 10.3. The minimum Gasteiger partial charge on any atom is -0.464 e. The predicted molar refractivity (Wildman–Crippen MR) is 87.2 cm³/mol. The predicted octanol–water partition coefficient (Wildman–Crippen LogP) is 1.89. The van der Waals surface area contributed by atoms with Crippen LogP contribution in [0, 0.1) is 0 Å². The van der Waals surface area contributed by atoms with E-state index in [4.69, 9.17) is 10.5 Å². The topological polar surface area (TPSA) is 55.6 Å². The fourth-order valence-electron chi connectivity index (χ4n) is 2.42. The van der Waals surface area contributed by atoms with Crippen LogP contribution in [0.5, 0.6) is 0 Å². The Bertz CT molecular complexity index is 428. The molecule has 1 aliphatic heterocycles. The molecule has 21 heavy (non-hydrogen) atoms. The Morgan fingerprint density at radius 1 is 1.33 bits per heavy atom. The maximum Gasteiger partial charge on any atom is 0.324 e. The molecule has 1 heterocycles. The quantitative estimate of drug-likeness (QED) is 0.616. The second-order valence-corrected chi connectivity index (χ2v) is 6.35. The lowest BCUT2D eigenvalue weighted by Crippen LogP contribution is -2.50. The van der Waals surface area contributed by atoms with Gasteiger partial charge in [0.25, 0.3) is 0 Å². The normalized spacial score (nSPS) is 19.4. The smallest absolute Gasteiger partial charge is 0.324 e. The number of thioether (sulfide) groups is 1. The van der Waals surface area contributed by atoms with Gasteiger partial charge < -0.3 is 10.5 Å². The second-order valence-electron chi connectivity index (χ2n) is 5.20. The molecule has 0 radical (unpaired) electrons. The summed E-state index contributed by atoms with van der Waals surface area (Å²) in [5.41, 5.74) is 7.02. The maximum absolute atomic E-state index is 12.1. The van der Waals surface area contributed by atoms with E-state index in [9.17, 15) is 4.79 Å². The van der Waals surface area contributed by atoms with Crippen molar-refractivity contribution in [1.29, 1.82) is 0 Å². The van der Waals surface area contributed by atoms with Crippen molar-refractivity contribution in [2.24, 2.45) is 5.73 Å². The van der Waals surface area contributed by atoms with Gasteiger partial charge in [0, 0.05) is 24.7 Å². The number of unbranched alkanes of at least 4 members (excludes halogenated alkanes) is 1. The Morgan fingerprint density at radius 3 is 2.90 bits per heavy atom. The average molecular weight is 308 g/mol. The molecule has 1 aromatic rings. The zero-order chi connectivity index (χ0) is 14.9. The fourth-order valence-corrected chi connectivity index (χ4v) is 3.52. The van der Waals surface area contributed by atoms with Gasteiger partial charge in [-0.2, -0.15) is 11.8 Å². The molecule has 0 amide bonds.